The summed E-state index contributed by atoms with van der Waals surface area (Å²) >= 11 is 4.87. The Morgan fingerprint density at radius 3 is 2.39 bits per heavy atom. The molecule has 0 spiro atoms. The molecule has 208 valence electrons. The second kappa shape index (κ2) is 13.1. The molecule has 0 N–H and O–H groups in total. The van der Waals surface area contributed by atoms with Crippen LogP contribution in [-0.4, -0.2) is 30.2 Å². The first-order valence-electron chi connectivity index (χ1n) is 12.7. The third-order valence-electron chi connectivity index (χ3n) is 6.25. The van der Waals surface area contributed by atoms with Crippen molar-refractivity contribution in [1.29, 1.82) is 0 Å². The minimum absolute atomic E-state index is 0.0377. The van der Waals surface area contributed by atoms with Crippen LogP contribution in [0.1, 0.15) is 16.7 Å². The smallest absolute Gasteiger partial charge is 0.267 e. The lowest BCUT2D eigenvalue weighted by atomic mass is 10.1. The summed E-state index contributed by atoms with van der Waals surface area (Å²) in [6.07, 6.45) is 1.80. The Morgan fingerprint density at radius 1 is 0.951 bits per heavy atom. The average molecular weight is 634 g/mol. The molecule has 5 rings (SSSR count). The molecule has 0 atom stereocenters. The fourth-order valence-electron chi connectivity index (χ4n) is 4.14. The summed E-state index contributed by atoms with van der Waals surface area (Å²) in [6, 6.07) is 27.2. The largest absolute Gasteiger partial charge is 0.497 e. The first kappa shape index (κ1) is 28.4. The van der Waals surface area contributed by atoms with Crippen molar-refractivity contribution in [3.05, 3.63) is 123 Å². The van der Waals surface area contributed by atoms with Crippen LogP contribution in [0.15, 0.2) is 105 Å². The fourth-order valence-corrected chi connectivity index (χ4v) is 5.71. The Hall–Kier alpha value is -4.08. The molecule has 1 saturated heterocycles. The molecule has 1 fully saturated rings. The van der Waals surface area contributed by atoms with E-state index in [9.17, 15) is 9.18 Å². The van der Waals surface area contributed by atoms with Crippen molar-refractivity contribution in [1.82, 2.24) is 4.90 Å². The number of nitrogens with zero attached hydrogens (tertiary/aromatic N) is 2. The molecule has 0 aliphatic carbocycles. The fraction of sp³-hybridized carbons (Fsp3) is 0.125. The van der Waals surface area contributed by atoms with Gasteiger partial charge in [-0.25, -0.2) is 9.38 Å². The normalized spacial score (nSPS) is 15.0. The third kappa shape index (κ3) is 6.81. The quantitative estimate of drug-likeness (QED) is 0.175. The molecule has 1 amide bonds. The summed E-state index contributed by atoms with van der Waals surface area (Å²) < 4.78 is 31.5. The topological polar surface area (TPSA) is 60.4 Å². The van der Waals surface area contributed by atoms with Gasteiger partial charge in [0.25, 0.3) is 5.91 Å². The van der Waals surface area contributed by atoms with Crippen molar-refractivity contribution in [2.24, 2.45) is 4.99 Å². The lowest BCUT2D eigenvalue weighted by Crippen LogP contribution is -2.28. The molecule has 0 unspecified atom stereocenters. The van der Waals surface area contributed by atoms with Gasteiger partial charge < -0.3 is 14.2 Å². The molecule has 0 bridgehead atoms. The maximum atomic E-state index is 14.1. The molecular formula is C32H26BrFN2O4S. The van der Waals surface area contributed by atoms with Crippen LogP contribution in [-0.2, 0) is 17.9 Å². The Labute approximate surface area is 250 Å². The van der Waals surface area contributed by atoms with Crippen LogP contribution in [0.4, 0.5) is 10.1 Å². The van der Waals surface area contributed by atoms with Crippen molar-refractivity contribution >= 4 is 50.5 Å². The number of rotatable bonds is 9. The van der Waals surface area contributed by atoms with Crippen molar-refractivity contribution in [2.75, 3.05) is 14.2 Å². The van der Waals surface area contributed by atoms with E-state index in [-0.39, 0.29) is 18.3 Å². The van der Waals surface area contributed by atoms with Gasteiger partial charge in [-0.05, 0) is 87.4 Å². The van der Waals surface area contributed by atoms with E-state index in [1.807, 2.05) is 60.7 Å². The molecular weight excluding hydrogens is 607 g/mol. The van der Waals surface area contributed by atoms with E-state index in [0.29, 0.717) is 38.2 Å². The minimum atomic E-state index is -0.340. The van der Waals surface area contributed by atoms with Gasteiger partial charge in [-0.15, -0.1) is 0 Å². The summed E-state index contributed by atoms with van der Waals surface area (Å²) in [5.74, 6) is 1.14. The number of benzene rings is 4. The van der Waals surface area contributed by atoms with Crippen molar-refractivity contribution < 1.29 is 23.4 Å². The van der Waals surface area contributed by atoms with Crippen molar-refractivity contribution in [2.45, 2.75) is 13.2 Å². The van der Waals surface area contributed by atoms with Gasteiger partial charge in [0, 0.05) is 5.56 Å². The number of hydrogen-bond donors (Lipinski definition) is 0. The van der Waals surface area contributed by atoms with Gasteiger partial charge in [0.05, 0.1) is 35.8 Å². The van der Waals surface area contributed by atoms with Crippen LogP contribution in [0.5, 0.6) is 17.2 Å². The van der Waals surface area contributed by atoms with Crippen LogP contribution in [0.25, 0.3) is 6.08 Å². The highest BCUT2D eigenvalue weighted by atomic mass is 79.9. The monoisotopic (exact) mass is 632 g/mol. The SMILES string of the molecule is COc1ccc(CN2C(=O)/C(=C/c3cc(Br)c(OCc4ccccc4F)c(OC)c3)SC2=Nc2ccccc2)cc1. The minimum Gasteiger partial charge on any atom is -0.497 e. The first-order valence-corrected chi connectivity index (χ1v) is 14.3. The standard InChI is InChI=1S/C32H26BrFN2O4S/c1-38-25-14-12-21(13-15-25)19-36-31(37)29(41-32(36)35-24-9-4-3-5-10-24)18-22-16-26(33)30(28(17-22)39-2)40-20-23-8-6-7-11-27(23)34/h3-18H,19-20H2,1-2H3/b29-18-,35-32?. The van der Waals surface area contributed by atoms with E-state index in [2.05, 4.69) is 15.9 Å². The molecule has 6 nitrogen and oxygen atoms in total. The summed E-state index contributed by atoms with van der Waals surface area (Å²) in [6.45, 7) is 0.394. The molecule has 0 radical (unpaired) electrons. The lowest BCUT2D eigenvalue weighted by Gasteiger charge is -2.16. The number of ether oxygens (including phenoxy) is 3. The third-order valence-corrected chi connectivity index (χ3v) is 7.84. The molecule has 1 aliphatic rings. The number of carbonyl (C=O) groups excluding carboxylic acids is 1. The summed E-state index contributed by atoms with van der Waals surface area (Å²) in [7, 11) is 3.15. The van der Waals surface area contributed by atoms with Crippen molar-refractivity contribution in [3.8, 4) is 17.2 Å². The van der Waals surface area contributed by atoms with Gasteiger partial charge >= 0.3 is 0 Å². The van der Waals surface area contributed by atoms with Crippen LogP contribution >= 0.6 is 27.7 Å². The molecule has 0 aromatic heterocycles. The van der Waals surface area contributed by atoms with Gasteiger partial charge in [0.1, 0.15) is 18.2 Å². The van der Waals surface area contributed by atoms with Gasteiger partial charge in [0.2, 0.25) is 0 Å². The van der Waals surface area contributed by atoms with Crippen LogP contribution in [0.3, 0.4) is 0 Å². The lowest BCUT2D eigenvalue weighted by molar-refractivity contribution is -0.122. The van der Waals surface area contributed by atoms with E-state index < -0.39 is 0 Å². The number of para-hydroxylation sites is 1. The second-order valence-electron chi connectivity index (χ2n) is 8.99. The van der Waals surface area contributed by atoms with Gasteiger partial charge in [-0.2, -0.15) is 0 Å². The highest BCUT2D eigenvalue weighted by Gasteiger charge is 2.33. The van der Waals surface area contributed by atoms with E-state index in [4.69, 9.17) is 19.2 Å². The Bertz CT molecular complexity index is 1610. The second-order valence-corrected chi connectivity index (χ2v) is 10.9. The Morgan fingerprint density at radius 2 is 1.68 bits per heavy atom. The van der Waals surface area contributed by atoms with E-state index in [1.165, 1.54) is 24.9 Å². The first-order chi connectivity index (χ1) is 19.9. The molecule has 4 aromatic carbocycles. The maximum Gasteiger partial charge on any atom is 0.267 e. The molecule has 1 heterocycles. The van der Waals surface area contributed by atoms with Crippen LogP contribution < -0.4 is 14.2 Å². The maximum absolute atomic E-state index is 14.1. The Kier molecular flexibility index (Phi) is 9.06. The Balaban J connectivity index is 1.43. The number of carbonyl (C=O) groups is 1. The number of aliphatic imine (C=N–C) groups is 1. The number of amides is 1. The molecule has 9 heteroatoms. The zero-order valence-corrected chi connectivity index (χ0v) is 24.7. The van der Waals surface area contributed by atoms with E-state index >= 15 is 0 Å². The van der Waals surface area contributed by atoms with Crippen LogP contribution in [0, 0.1) is 5.82 Å². The highest BCUT2D eigenvalue weighted by Crippen LogP contribution is 2.40. The van der Waals surface area contributed by atoms with E-state index in [0.717, 1.165) is 22.6 Å². The van der Waals surface area contributed by atoms with Gasteiger partial charge in [-0.1, -0.05) is 48.5 Å². The number of hydrogen-bond acceptors (Lipinski definition) is 6. The van der Waals surface area contributed by atoms with Crippen LogP contribution in [0.2, 0.25) is 0 Å². The van der Waals surface area contributed by atoms with E-state index in [1.54, 1.807) is 42.4 Å². The number of amidine groups is 1. The predicted molar refractivity (Wildman–Crippen MR) is 164 cm³/mol. The molecule has 41 heavy (non-hydrogen) atoms. The number of halogens is 2. The highest BCUT2D eigenvalue weighted by molar-refractivity contribution is 9.10. The van der Waals surface area contributed by atoms with Gasteiger partial charge in [0.15, 0.2) is 16.7 Å². The molecule has 0 saturated carbocycles. The predicted octanol–water partition coefficient (Wildman–Crippen LogP) is 7.99. The molecule has 1 aliphatic heterocycles. The summed E-state index contributed by atoms with van der Waals surface area (Å²) in [5.41, 5.74) is 2.86. The molecule has 4 aromatic rings. The van der Waals surface area contributed by atoms with Crippen molar-refractivity contribution in [3.63, 3.8) is 0 Å². The zero-order chi connectivity index (χ0) is 28.8. The summed E-state index contributed by atoms with van der Waals surface area (Å²) in [5, 5.41) is 0.583. The summed E-state index contributed by atoms with van der Waals surface area (Å²) in [4.78, 5) is 20.6. The van der Waals surface area contributed by atoms with Gasteiger partial charge in [-0.3, -0.25) is 9.69 Å². The average Bonchev–Trinajstić information content (AvgIpc) is 3.26. The number of methoxy groups -OCH3 is 2. The zero-order valence-electron chi connectivity index (χ0n) is 22.3. The number of thioether (sulfide) groups is 1.